The van der Waals surface area contributed by atoms with Gasteiger partial charge < -0.3 is 14.7 Å². The summed E-state index contributed by atoms with van der Waals surface area (Å²) in [7, 11) is 0. The number of carbonyl (C=O) groups is 2. The number of halogens is 1. The van der Waals surface area contributed by atoms with Gasteiger partial charge in [0.15, 0.2) is 0 Å². The van der Waals surface area contributed by atoms with Crippen molar-refractivity contribution in [2.24, 2.45) is 5.92 Å². The predicted molar refractivity (Wildman–Crippen MR) is 58.4 cm³/mol. The smallest absolute Gasteiger partial charge is 0.410 e. The molecule has 5 nitrogen and oxygen atoms in total. The largest absolute Gasteiger partial charge is 0.481 e. The van der Waals surface area contributed by atoms with Gasteiger partial charge >= 0.3 is 12.1 Å². The monoisotopic (exact) mass is 247 g/mol. The van der Waals surface area contributed by atoms with Crippen LogP contribution in [0.2, 0.25) is 0 Å². The number of alkyl halides is 1. The first-order chi connectivity index (χ1) is 7.69. The molecule has 0 aliphatic carbocycles. The summed E-state index contributed by atoms with van der Waals surface area (Å²) >= 11 is 0. The first-order valence-corrected chi connectivity index (χ1v) is 5.54. The number of ether oxygens (including phenoxy) is 1. The van der Waals surface area contributed by atoms with Crippen molar-refractivity contribution in [1.82, 2.24) is 4.90 Å². The van der Waals surface area contributed by atoms with Crippen molar-refractivity contribution in [3.8, 4) is 0 Å². The molecule has 1 N–H and O–H groups in total. The maximum Gasteiger partial charge on any atom is 0.410 e. The molecule has 1 fully saturated rings. The fourth-order valence-corrected chi connectivity index (χ4v) is 1.69. The van der Waals surface area contributed by atoms with Crippen molar-refractivity contribution in [2.45, 2.75) is 39.0 Å². The van der Waals surface area contributed by atoms with Crippen LogP contribution in [0.3, 0.4) is 0 Å². The number of carboxylic acid groups (broad SMARTS) is 1. The number of nitrogens with zero attached hydrogens (tertiary/aromatic N) is 1. The Morgan fingerprint density at radius 3 is 2.41 bits per heavy atom. The highest BCUT2D eigenvalue weighted by Gasteiger charge is 2.35. The van der Waals surface area contributed by atoms with Gasteiger partial charge in [-0.3, -0.25) is 4.79 Å². The number of amides is 1. The van der Waals surface area contributed by atoms with Crippen LogP contribution in [0.1, 0.15) is 27.2 Å². The summed E-state index contributed by atoms with van der Waals surface area (Å²) in [6, 6.07) is 0. The molecule has 0 radical (unpaired) electrons. The number of piperidine rings is 1. The highest BCUT2D eigenvalue weighted by molar-refractivity contribution is 5.73. The molecule has 1 saturated heterocycles. The van der Waals surface area contributed by atoms with Crippen LogP contribution in [-0.2, 0) is 9.53 Å². The fraction of sp³-hybridized carbons (Fsp3) is 0.818. The van der Waals surface area contributed by atoms with Gasteiger partial charge in [0.05, 0.1) is 12.5 Å². The molecule has 0 unspecified atom stereocenters. The molecule has 0 aromatic heterocycles. The van der Waals surface area contributed by atoms with Crippen LogP contribution in [0.25, 0.3) is 0 Å². The van der Waals surface area contributed by atoms with Crippen molar-refractivity contribution in [2.75, 3.05) is 13.1 Å². The minimum absolute atomic E-state index is 0.00463. The third kappa shape index (κ3) is 4.20. The summed E-state index contributed by atoms with van der Waals surface area (Å²) < 4.78 is 18.4. The van der Waals surface area contributed by atoms with Crippen molar-refractivity contribution in [3.05, 3.63) is 0 Å². The van der Waals surface area contributed by atoms with Crippen molar-refractivity contribution in [1.29, 1.82) is 0 Å². The number of likely N-dealkylation sites (tertiary alicyclic amines) is 1. The van der Waals surface area contributed by atoms with E-state index in [4.69, 9.17) is 9.84 Å². The molecule has 1 heterocycles. The quantitative estimate of drug-likeness (QED) is 0.765. The van der Waals surface area contributed by atoms with E-state index >= 15 is 0 Å². The molecule has 1 rings (SSSR count). The van der Waals surface area contributed by atoms with Crippen LogP contribution in [-0.4, -0.2) is 46.9 Å². The van der Waals surface area contributed by atoms with E-state index in [9.17, 15) is 14.0 Å². The molecule has 1 aliphatic rings. The summed E-state index contributed by atoms with van der Waals surface area (Å²) in [5.74, 6) is -1.94. The molecule has 0 bridgehead atoms. The van der Waals surface area contributed by atoms with Crippen molar-refractivity contribution < 1.29 is 23.8 Å². The molecule has 2 atom stereocenters. The molecule has 98 valence electrons. The van der Waals surface area contributed by atoms with E-state index in [0.717, 1.165) is 4.90 Å². The van der Waals surface area contributed by atoms with E-state index in [1.54, 1.807) is 20.8 Å². The lowest BCUT2D eigenvalue weighted by Crippen LogP contribution is -2.48. The summed E-state index contributed by atoms with van der Waals surface area (Å²) in [4.78, 5) is 23.6. The average molecular weight is 247 g/mol. The van der Waals surface area contributed by atoms with E-state index < -0.39 is 29.8 Å². The standard InChI is InChI=1S/C11H18FNO4/c1-11(2,3)17-10(16)13-5-7(9(14)15)4-8(12)6-13/h7-8H,4-6H2,1-3H3,(H,14,15)/t7-,8-/m1/s1. The van der Waals surface area contributed by atoms with Crippen LogP contribution in [0.5, 0.6) is 0 Å². The van der Waals surface area contributed by atoms with Gasteiger partial charge in [0.1, 0.15) is 11.8 Å². The lowest BCUT2D eigenvalue weighted by Gasteiger charge is -2.34. The Bertz CT molecular complexity index is 313. The van der Waals surface area contributed by atoms with Crippen LogP contribution >= 0.6 is 0 Å². The van der Waals surface area contributed by atoms with Crippen molar-refractivity contribution in [3.63, 3.8) is 0 Å². The zero-order valence-electron chi connectivity index (χ0n) is 10.3. The molecular weight excluding hydrogens is 229 g/mol. The first-order valence-electron chi connectivity index (χ1n) is 5.54. The zero-order chi connectivity index (χ0) is 13.2. The molecule has 0 spiro atoms. The Balaban J connectivity index is 2.64. The molecule has 0 aromatic carbocycles. The van der Waals surface area contributed by atoms with Gasteiger partial charge in [-0.15, -0.1) is 0 Å². The Hall–Kier alpha value is -1.33. The van der Waals surface area contributed by atoms with Crippen LogP contribution < -0.4 is 0 Å². The van der Waals surface area contributed by atoms with Crippen LogP contribution in [0.15, 0.2) is 0 Å². The molecule has 0 aromatic rings. The average Bonchev–Trinajstić information content (AvgIpc) is 2.13. The molecule has 6 heteroatoms. The summed E-state index contributed by atoms with van der Waals surface area (Å²) in [6.07, 6.45) is -2.02. The minimum Gasteiger partial charge on any atom is -0.481 e. The fourth-order valence-electron chi connectivity index (χ4n) is 1.69. The maximum absolute atomic E-state index is 13.3. The highest BCUT2D eigenvalue weighted by Crippen LogP contribution is 2.21. The van der Waals surface area contributed by atoms with Gasteiger partial charge in [-0.25, -0.2) is 9.18 Å². The molecule has 17 heavy (non-hydrogen) atoms. The zero-order valence-corrected chi connectivity index (χ0v) is 10.3. The van der Waals surface area contributed by atoms with E-state index in [1.807, 2.05) is 0 Å². The van der Waals surface area contributed by atoms with Gasteiger partial charge in [-0.1, -0.05) is 0 Å². The maximum atomic E-state index is 13.3. The topological polar surface area (TPSA) is 66.8 Å². The van der Waals surface area contributed by atoms with Gasteiger partial charge in [-0.2, -0.15) is 0 Å². The minimum atomic E-state index is -1.31. The number of hydrogen-bond acceptors (Lipinski definition) is 3. The van der Waals surface area contributed by atoms with Gasteiger partial charge in [0.25, 0.3) is 0 Å². The second-order valence-electron chi connectivity index (χ2n) is 5.25. The van der Waals surface area contributed by atoms with Crippen molar-refractivity contribution >= 4 is 12.1 Å². The number of carboxylic acids is 1. The second kappa shape index (κ2) is 4.89. The lowest BCUT2D eigenvalue weighted by atomic mass is 9.97. The molecular formula is C11H18FNO4. The SMILES string of the molecule is CC(C)(C)OC(=O)N1C[C@H](F)C[C@@H](C(=O)O)C1. The van der Waals surface area contributed by atoms with Gasteiger partial charge in [-0.05, 0) is 27.2 Å². The normalized spacial score (nSPS) is 25.5. The number of hydrogen-bond donors (Lipinski definition) is 1. The van der Waals surface area contributed by atoms with Gasteiger partial charge in [0.2, 0.25) is 0 Å². The summed E-state index contributed by atoms with van der Waals surface area (Å²) in [5.41, 5.74) is -0.668. The van der Waals surface area contributed by atoms with Gasteiger partial charge in [0, 0.05) is 6.54 Å². The Morgan fingerprint density at radius 2 is 1.94 bits per heavy atom. The molecule has 1 aliphatic heterocycles. The van der Waals surface area contributed by atoms with Crippen LogP contribution in [0.4, 0.5) is 9.18 Å². The lowest BCUT2D eigenvalue weighted by molar-refractivity contribution is -0.144. The highest BCUT2D eigenvalue weighted by atomic mass is 19.1. The summed E-state index contributed by atoms with van der Waals surface area (Å²) in [6.45, 7) is 5.02. The van der Waals surface area contributed by atoms with E-state index in [1.165, 1.54) is 0 Å². The molecule has 0 saturated carbocycles. The number of rotatable bonds is 1. The third-order valence-corrected chi connectivity index (χ3v) is 2.40. The third-order valence-electron chi connectivity index (χ3n) is 2.40. The second-order valence-corrected chi connectivity index (χ2v) is 5.25. The Morgan fingerprint density at radius 1 is 1.35 bits per heavy atom. The number of carbonyl (C=O) groups excluding carboxylic acids is 1. The van der Waals surface area contributed by atoms with E-state index in [2.05, 4.69) is 0 Å². The number of aliphatic carboxylic acids is 1. The predicted octanol–water partition coefficient (Wildman–Crippen LogP) is 1.67. The Labute approximate surface area is 99.5 Å². The Kier molecular flexibility index (Phi) is 3.95. The van der Waals surface area contributed by atoms with Crippen LogP contribution in [0, 0.1) is 5.92 Å². The van der Waals surface area contributed by atoms with E-state index in [-0.39, 0.29) is 19.5 Å². The van der Waals surface area contributed by atoms with E-state index in [0.29, 0.717) is 0 Å². The first kappa shape index (κ1) is 13.7. The molecule has 1 amide bonds. The summed E-state index contributed by atoms with van der Waals surface area (Å²) in [5, 5.41) is 8.84.